The van der Waals surface area contributed by atoms with Gasteiger partial charge in [0.1, 0.15) is 0 Å². The Balaban J connectivity index is 1.85. The van der Waals surface area contributed by atoms with E-state index in [-0.39, 0.29) is 5.54 Å². The van der Waals surface area contributed by atoms with E-state index in [0.717, 1.165) is 6.04 Å². The topological polar surface area (TPSA) is 19.0 Å². The molecule has 4 rings (SSSR count). The summed E-state index contributed by atoms with van der Waals surface area (Å²) >= 11 is 0. The lowest BCUT2D eigenvalue weighted by Gasteiger charge is -2.49. The van der Waals surface area contributed by atoms with E-state index in [1.54, 1.807) is 5.56 Å². The minimum absolute atomic E-state index is 0.211. The largest absolute Gasteiger partial charge is 0.357 e. The molecule has 1 aromatic carbocycles. The molecule has 2 aromatic rings. The Morgan fingerprint density at radius 3 is 3.00 bits per heavy atom. The summed E-state index contributed by atoms with van der Waals surface area (Å²) in [4.78, 5) is 6.67. The predicted octanol–water partition coefficient (Wildman–Crippen LogP) is 4.98. The number of aromatic nitrogens is 1. The summed E-state index contributed by atoms with van der Waals surface area (Å²) in [5.74, 6) is 0. The highest BCUT2D eigenvalue weighted by molar-refractivity contribution is 5.85. The second kappa shape index (κ2) is 5.42. The van der Waals surface area contributed by atoms with E-state index in [4.69, 9.17) is 0 Å². The van der Waals surface area contributed by atoms with Gasteiger partial charge in [0, 0.05) is 22.6 Å². The Hall–Kier alpha value is -1.28. The predicted molar refractivity (Wildman–Crippen MR) is 93.2 cm³/mol. The average Bonchev–Trinajstić information content (AvgIpc) is 2.83. The molecule has 0 amide bonds. The van der Waals surface area contributed by atoms with E-state index in [9.17, 15) is 0 Å². The number of aromatic amines is 1. The lowest BCUT2D eigenvalue weighted by atomic mass is 9.80. The highest BCUT2D eigenvalue weighted by atomic mass is 15.2. The summed E-state index contributed by atoms with van der Waals surface area (Å²) in [5, 5.41) is 1.46. The molecule has 0 spiro atoms. The van der Waals surface area contributed by atoms with Gasteiger partial charge in [0.25, 0.3) is 0 Å². The molecular formula is C20H28N2. The van der Waals surface area contributed by atoms with Gasteiger partial charge in [0.05, 0.1) is 5.54 Å². The number of nitrogens with zero attached hydrogens (tertiary/aromatic N) is 1. The van der Waals surface area contributed by atoms with E-state index in [1.165, 1.54) is 68.1 Å². The second-order valence-electron chi connectivity index (χ2n) is 7.43. The summed E-state index contributed by atoms with van der Waals surface area (Å²) in [6.45, 7) is 6.09. The van der Waals surface area contributed by atoms with Crippen molar-refractivity contribution < 1.29 is 0 Å². The normalized spacial score (nSPS) is 29.1. The van der Waals surface area contributed by atoms with Crippen molar-refractivity contribution in [3.05, 3.63) is 35.5 Å². The number of aryl methyl sites for hydroxylation is 1. The van der Waals surface area contributed by atoms with Gasteiger partial charge in [-0.05, 0) is 63.6 Å². The molecule has 1 aromatic heterocycles. The molecule has 0 radical (unpaired) electrons. The molecule has 118 valence electrons. The maximum atomic E-state index is 3.82. The molecule has 0 bridgehead atoms. The number of piperidine rings is 1. The molecule has 2 nitrogen and oxygen atoms in total. The highest BCUT2D eigenvalue weighted by Gasteiger charge is 2.44. The van der Waals surface area contributed by atoms with Crippen molar-refractivity contribution in [1.82, 2.24) is 9.88 Å². The quantitative estimate of drug-likeness (QED) is 0.827. The molecule has 1 saturated heterocycles. The van der Waals surface area contributed by atoms with Gasteiger partial charge in [-0.25, -0.2) is 0 Å². The first kappa shape index (κ1) is 14.3. The third-order valence-electron chi connectivity index (χ3n) is 6.08. The lowest BCUT2D eigenvalue weighted by Crippen LogP contribution is -2.52. The Morgan fingerprint density at radius 1 is 1.27 bits per heavy atom. The van der Waals surface area contributed by atoms with Gasteiger partial charge in [0.2, 0.25) is 0 Å². The fraction of sp³-hybridized carbons (Fsp3) is 0.600. The average molecular weight is 296 g/mol. The summed E-state index contributed by atoms with van der Waals surface area (Å²) in [5.41, 5.74) is 4.65. The summed E-state index contributed by atoms with van der Waals surface area (Å²) in [6.07, 6.45) is 9.23. The maximum Gasteiger partial charge on any atom is 0.0588 e. The minimum Gasteiger partial charge on any atom is -0.357 e. The number of nitrogens with one attached hydrogen (secondary N) is 1. The number of H-pyrrole nitrogens is 1. The van der Waals surface area contributed by atoms with Gasteiger partial charge >= 0.3 is 0 Å². The van der Waals surface area contributed by atoms with Crippen LogP contribution in [-0.4, -0.2) is 22.5 Å². The maximum absolute atomic E-state index is 3.82. The third-order valence-corrected chi connectivity index (χ3v) is 6.08. The molecule has 1 fully saturated rings. The van der Waals surface area contributed by atoms with Crippen LogP contribution in [0.1, 0.15) is 63.6 Å². The van der Waals surface area contributed by atoms with Crippen molar-refractivity contribution in [2.24, 2.45) is 0 Å². The van der Waals surface area contributed by atoms with Crippen molar-refractivity contribution in [1.29, 1.82) is 0 Å². The number of hydrogen-bond donors (Lipinski definition) is 1. The fourth-order valence-corrected chi connectivity index (χ4v) is 5.06. The third kappa shape index (κ3) is 2.04. The van der Waals surface area contributed by atoms with Crippen LogP contribution in [0, 0.1) is 0 Å². The monoisotopic (exact) mass is 296 g/mol. The van der Waals surface area contributed by atoms with Crippen LogP contribution >= 0.6 is 0 Å². The molecule has 2 aliphatic rings. The Morgan fingerprint density at radius 2 is 2.14 bits per heavy atom. The molecule has 22 heavy (non-hydrogen) atoms. The second-order valence-corrected chi connectivity index (χ2v) is 7.43. The van der Waals surface area contributed by atoms with Gasteiger partial charge in [-0.1, -0.05) is 31.5 Å². The summed E-state index contributed by atoms with van der Waals surface area (Å²) in [7, 11) is 0. The van der Waals surface area contributed by atoms with E-state index in [1.807, 2.05) is 0 Å². The molecule has 3 heterocycles. The highest BCUT2D eigenvalue weighted by Crippen LogP contribution is 2.45. The first-order valence-electron chi connectivity index (χ1n) is 9.11. The molecular weight excluding hydrogens is 268 g/mol. The number of para-hydroxylation sites is 1. The summed E-state index contributed by atoms with van der Waals surface area (Å²) < 4.78 is 0. The van der Waals surface area contributed by atoms with E-state index < -0.39 is 0 Å². The number of benzene rings is 1. The van der Waals surface area contributed by atoms with Crippen molar-refractivity contribution in [2.45, 2.75) is 70.4 Å². The van der Waals surface area contributed by atoms with Crippen LogP contribution in [0.5, 0.6) is 0 Å². The first-order chi connectivity index (χ1) is 10.7. The smallest absolute Gasteiger partial charge is 0.0588 e. The first-order valence-corrected chi connectivity index (χ1v) is 9.11. The zero-order valence-corrected chi connectivity index (χ0v) is 14.0. The van der Waals surface area contributed by atoms with E-state index >= 15 is 0 Å². The zero-order valence-electron chi connectivity index (χ0n) is 14.0. The molecule has 2 aliphatic heterocycles. The van der Waals surface area contributed by atoms with Gasteiger partial charge in [-0.2, -0.15) is 0 Å². The van der Waals surface area contributed by atoms with Crippen molar-refractivity contribution in [3.8, 4) is 0 Å². The van der Waals surface area contributed by atoms with E-state index in [0.29, 0.717) is 0 Å². The van der Waals surface area contributed by atoms with E-state index in [2.05, 4.69) is 48.0 Å². The Kier molecular flexibility index (Phi) is 3.53. The van der Waals surface area contributed by atoms with Crippen molar-refractivity contribution >= 4 is 10.9 Å². The van der Waals surface area contributed by atoms with Crippen molar-refractivity contribution in [3.63, 3.8) is 0 Å². The Labute approximate surface area is 133 Å². The summed E-state index contributed by atoms with van der Waals surface area (Å²) in [6, 6.07) is 9.66. The van der Waals surface area contributed by atoms with Gasteiger partial charge < -0.3 is 4.98 Å². The van der Waals surface area contributed by atoms with Crippen LogP contribution in [-0.2, 0) is 12.0 Å². The molecule has 0 saturated carbocycles. The van der Waals surface area contributed by atoms with Crippen LogP contribution in [0.25, 0.3) is 10.9 Å². The van der Waals surface area contributed by atoms with Gasteiger partial charge in [-0.3, -0.25) is 4.90 Å². The van der Waals surface area contributed by atoms with Crippen LogP contribution in [0.2, 0.25) is 0 Å². The van der Waals surface area contributed by atoms with Crippen molar-refractivity contribution in [2.75, 3.05) is 6.54 Å². The SMILES string of the molecule is CCCC1CCC[C@]2(C)c3[nH]c4ccccc4c3CCCN12. The standard InChI is InChI=1S/C20H28N2/c1-3-8-15-9-6-13-20(2)19-17(11-7-14-22(15)20)16-10-4-5-12-18(16)21-19/h4-5,10,12,15,21H,3,6-9,11,13-14H2,1-2H3/t15?,20-/m1/s1. The molecule has 2 heteroatoms. The Bertz CT molecular complexity index is 669. The molecule has 2 atom stereocenters. The number of fused-ring (bicyclic) bond motifs is 5. The van der Waals surface area contributed by atoms with Crippen LogP contribution < -0.4 is 0 Å². The lowest BCUT2D eigenvalue weighted by molar-refractivity contribution is 0.00409. The zero-order chi connectivity index (χ0) is 15.2. The van der Waals surface area contributed by atoms with Crippen LogP contribution in [0.4, 0.5) is 0 Å². The molecule has 1 N–H and O–H groups in total. The molecule has 0 aliphatic carbocycles. The van der Waals surface area contributed by atoms with Gasteiger partial charge in [-0.15, -0.1) is 0 Å². The number of hydrogen-bond acceptors (Lipinski definition) is 1. The number of rotatable bonds is 2. The van der Waals surface area contributed by atoms with Gasteiger partial charge in [0.15, 0.2) is 0 Å². The fourth-order valence-electron chi connectivity index (χ4n) is 5.06. The minimum atomic E-state index is 0.211. The molecule has 1 unspecified atom stereocenters. The van der Waals surface area contributed by atoms with Crippen LogP contribution in [0.3, 0.4) is 0 Å². The van der Waals surface area contributed by atoms with Crippen LogP contribution in [0.15, 0.2) is 24.3 Å².